The number of nitriles is 1. The van der Waals surface area contributed by atoms with Crippen LogP contribution in [-0.4, -0.2) is 37.0 Å². The molecule has 0 fully saturated rings. The highest BCUT2D eigenvalue weighted by Gasteiger charge is 2.28. The van der Waals surface area contributed by atoms with Gasteiger partial charge in [-0.05, 0) is 36.0 Å². The summed E-state index contributed by atoms with van der Waals surface area (Å²) in [5.74, 6) is -1.68. The highest BCUT2D eigenvalue weighted by atomic mass is 19.1. The summed E-state index contributed by atoms with van der Waals surface area (Å²) < 4.78 is 20.7. The summed E-state index contributed by atoms with van der Waals surface area (Å²) in [5, 5.41) is 25.8. The van der Waals surface area contributed by atoms with Gasteiger partial charge in [0.15, 0.2) is 17.3 Å². The molecule has 0 saturated carbocycles. The Balaban J connectivity index is 2.38. The van der Waals surface area contributed by atoms with Gasteiger partial charge in [0.25, 0.3) is 5.91 Å². The van der Waals surface area contributed by atoms with Crippen LogP contribution in [0, 0.1) is 17.1 Å². The number of Topliss-reactive ketones (excluding diaryl/α,β-unsaturated/α-hetero) is 1. The number of benzene rings is 2. The van der Waals surface area contributed by atoms with E-state index in [-0.39, 0.29) is 64.5 Å². The minimum Gasteiger partial charge on any atom is -0.507 e. The zero-order chi connectivity index (χ0) is 27.4. The maximum Gasteiger partial charge on any atom is 0.254 e. The van der Waals surface area contributed by atoms with Crippen LogP contribution >= 0.6 is 0 Å². The first kappa shape index (κ1) is 28.8. The number of carbonyl (C=O) groups is 2. The predicted octanol–water partition coefficient (Wildman–Crippen LogP) is 4.73. The van der Waals surface area contributed by atoms with Crippen molar-refractivity contribution in [2.24, 2.45) is 0 Å². The molecule has 0 saturated heterocycles. The molecule has 2 aromatic rings. The minimum absolute atomic E-state index is 0.0119. The number of rotatable bonds is 8. The second-order valence-corrected chi connectivity index (χ2v) is 10.7. The first-order valence-corrected chi connectivity index (χ1v) is 11.9. The predicted molar refractivity (Wildman–Crippen MR) is 137 cm³/mol. The maximum atomic E-state index is 15.3. The third kappa shape index (κ3) is 6.21. The van der Waals surface area contributed by atoms with Gasteiger partial charge >= 0.3 is 0 Å². The molecule has 0 radical (unpaired) electrons. The van der Waals surface area contributed by atoms with E-state index in [9.17, 15) is 20.0 Å². The van der Waals surface area contributed by atoms with Gasteiger partial charge in [-0.15, -0.1) is 0 Å². The number of ketones is 1. The van der Waals surface area contributed by atoms with Crippen LogP contribution in [0.25, 0.3) is 0 Å². The van der Waals surface area contributed by atoms with Crippen molar-refractivity contribution in [3.05, 3.63) is 57.4 Å². The number of aromatic hydroxyl groups is 1. The minimum atomic E-state index is -0.816. The van der Waals surface area contributed by atoms with Gasteiger partial charge in [0, 0.05) is 35.8 Å². The Morgan fingerprint density at radius 1 is 1.08 bits per heavy atom. The second-order valence-electron chi connectivity index (χ2n) is 10.7. The number of ether oxygens (including phenoxy) is 1. The van der Waals surface area contributed by atoms with Crippen molar-refractivity contribution in [2.75, 3.05) is 20.2 Å². The van der Waals surface area contributed by atoms with E-state index in [1.807, 2.05) is 47.6 Å². The van der Waals surface area contributed by atoms with Gasteiger partial charge in [0.2, 0.25) is 0 Å². The summed E-state index contributed by atoms with van der Waals surface area (Å²) in [6, 6.07) is 6.60. The van der Waals surface area contributed by atoms with Crippen LogP contribution in [0.3, 0.4) is 0 Å². The van der Waals surface area contributed by atoms with Crippen LogP contribution in [0.4, 0.5) is 4.39 Å². The summed E-state index contributed by atoms with van der Waals surface area (Å²) in [7, 11) is 1.41. The van der Waals surface area contributed by atoms with Crippen LogP contribution < -0.4 is 15.4 Å². The van der Waals surface area contributed by atoms with E-state index in [0.717, 1.165) is 0 Å². The SMILES string of the molecule is CCOc1c(C(=O)NC)cc(C#N)c(CNCC(=O)c2cc(C(C)(C)C)c(O)c(C(C)(C)C)c2)c1F. The molecule has 0 atom stereocenters. The molecule has 1 amide bonds. The quantitative estimate of drug-likeness (QED) is 0.455. The number of phenols is 1. The van der Waals surface area contributed by atoms with Crippen molar-refractivity contribution in [3.63, 3.8) is 0 Å². The van der Waals surface area contributed by atoms with Crippen molar-refractivity contribution in [1.82, 2.24) is 10.6 Å². The Bertz CT molecular complexity index is 1170. The molecule has 0 aliphatic carbocycles. The molecule has 0 aromatic heterocycles. The molecule has 0 unspecified atom stereocenters. The molecule has 0 heterocycles. The van der Waals surface area contributed by atoms with E-state index < -0.39 is 11.7 Å². The van der Waals surface area contributed by atoms with Crippen molar-refractivity contribution in [2.45, 2.75) is 65.8 Å². The van der Waals surface area contributed by atoms with E-state index in [2.05, 4.69) is 10.6 Å². The molecule has 0 bridgehead atoms. The van der Waals surface area contributed by atoms with Crippen LogP contribution in [-0.2, 0) is 17.4 Å². The van der Waals surface area contributed by atoms with E-state index >= 15 is 4.39 Å². The zero-order valence-corrected chi connectivity index (χ0v) is 22.4. The van der Waals surface area contributed by atoms with Gasteiger partial charge in [0.05, 0.1) is 30.3 Å². The normalized spacial score (nSPS) is 11.7. The number of hydrogen-bond acceptors (Lipinski definition) is 6. The number of carbonyl (C=O) groups excluding carboxylic acids is 2. The fourth-order valence-electron chi connectivity index (χ4n) is 3.87. The fraction of sp³-hybridized carbons (Fsp3) is 0.464. The van der Waals surface area contributed by atoms with Gasteiger partial charge in [-0.1, -0.05) is 41.5 Å². The molecular formula is C28H36FN3O4. The average Bonchev–Trinajstić information content (AvgIpc) is 2.79. The van der Waals surface area contributed by atoms with Gasteiger partial charge in [-0.2, -0.15) is 5.26 Å². The Kier molecular flexibility index (Phi) is 8.87. The van der Waals surface area contributed by atoms with Gasteiger partial charge in [0.1, 0.15) is 5.75 Å². The Labute approximate surface area is 212 Å². The van der Waals surface area contributed by atoms with Gasteiger partial charge in [-0.25, -0.2) is 4.39 Å². The summed E-state index contributed by atoms with van der Waals surface area (Å²) in [6.07, 6.45) is 0. The van der Waals surface area contributed by atoms with Gasteiger partial charge in [-0.3, -0.25) is 9.59 Å². The summed E-state index contributed by atoms with van der Waals surface area (Å²) in [4.78, 5) is 25.3. The molecule has 7 nitrogen and oxygen atoms in total. The second kappa shape index (κ2) is 11.1. The summed E-state index contributed by atoms with van der Waals surface area (Å²) in [6.45, 7) is 13.3. The molecular weight excluding hydrogens is 461 g/mol. The maximum absolute atomic E-state index is 15.3. The van der Waals surface area contributed by atoms with E-state index in [1.54, 1.807) is 19.1 Å². The number of amides is 1. The average molecular weight is 498 g/mol. The molecule has 194 valence electrons. The lowest BCUT2D eigenvalue weighted by atomic mass is 9.78. The van der Waals surface area contributed by atoms with Crippen molar-refractivity contribution >= 4 is 11.7 Å². The molecule has 0 aliphatic rings. The van der Waals surface area contributed by atoms with E-state index in [0.29, 0.717) is 16.7 Å². The number of phenolic OH excluding ortho intramolecular Hbond substituents is 1. The van der Waals surface area contributed by atoms with Crippen molar-refractivity contribution in [3.8, 4) is 17.6 Å². The monoisotopic (exact) mass is 497 g/mol. The highest BCUT2D eigenvalue weighted by molar-refractivity contribution is 5.98. The van der Waals surface area contributed by atoms with Crippen molar-refractivity contribution in [1.29, 1.82) is 5.26 Å². The fourth-order valence-corrected chi connectivity index (χ4v) is 3.87. The summed E-state index contributed by atoms with van der Waals surface area (Å²) in [5.41, 5.74) is 0.913. The molecule has 3 N–H and O–H groups in total. The molecule has 2 aromatic carbocycles. The van der Waals surface area contributed by atoms with Crippen molar-refractivity contribution < 1.29 is 23.8 Å². The van der Waals surface area contributed by atoms with E-state index in [1.165, 1.54) is 13.1 Å². The Hall–Kier alpha value is -3.44. The van der Waals surface area contributed by atoms with Crippen LogP contribution in [0.1, 0.15) is 91.4 Å². The van der Waals surface area contributed by atoms with Crippen LogP contribution in [0.15, 0.2) is 18.2 Å². The summed E-state index contributed by atoms with van der Waals surface area (Å²) >= 11 is 0. The Morgan fingerprint density at radius 3 is 2.08 bits per heavy atom. The number of nitrogens with zero attached hydrogens (tertiary/aromatic N) is 1. The number of nitrogens with one attached hydrogen (secondary N) is 2. The molecule has 8 heteroatoms. The van der Waals surface area contributed by atoms with E-state index in [4.69, 9.17) is 4.74 Å². The lowest BCUT2D eigenvalue weighted by molar-refractivity contribution is 0.0956. The number of hydrogen-bond donors (Lipinski definition) is 3. The van der Waals surface area contributed by atoms with Gasteiger partial charge < -0.3 is 20.5 Å². The third-order valence-electron chi connectivity index (χ3n) is 5.84. The molecule has 36 heavy (non-hydrogen) atoms. The molecule has 0 aliphatic heterocycles. The highest BCUT2D eigenvalue weighted by Crippen LogP contribution is 2.40. The largest absolute Gasteiger partial charge is 0.507 e. The smallest absolute Gasteiger partial charge is 0.254 e. The molecule has 2 rings (SSSR count). The lowest BCUT2D eigenvalue weighted by Gasteiger charge is -2.28. The van der Waals surface area contributed by atoms with Crippen LogP contribution in [0.2, 0.25) is 0 Å². The first-order valence-electron chi connectivity index (χ1n) is 11.9. The van der Waals surface area contributed by atoms with Crippen LogP contribution in [0.5, 0.6) is 11.5 Å². The lowest BCUT2D eigenvalue weighted by Crippen LogP contribution is -2.26. The standard InChI is InChI=1S/C28H36FN3O4/c1-9-36-25-18(26(35)31-8)10-17(13-30)19(23(25)29)14-32-15-22(33)16-11-20(27(2,3)4)24(34)21(12-16)28(5,6)7/h10-12,32,34H,9,14-15H2,1-8H3,(H,31,35). The first-order chi connectivity index (χ1) is 16.7. The number of halogens is 1. The topological polar surface area (TPSA) is 111 Å². The Morgan fingerprint density at radius 2 is 1.64 bits per heavy atom. The third-order valence-corrected chi connectivity index (χ3v) is 5.84. The zero-order valence-electron chi connectivity index (χ0n) is 22.4. The molecule has 0 spiro atoms.